The van der Waals surface area contributed by atoms with Gasteiger partial charge in [-0.1, -0.05) is 30.3 Å². The number of nitrogen functional groups attached to an aromatic ring is 1. The fraction of sp³-hybridized carbons (Fsp3) is 0.176. The third kappa shape index (κ3) is 3.23. The van der Waals surface area contributed by atoms with Gasteiger partial charge in [-0.2, -0.15) is 0 Å². The van der Waals surface area contributed by atoms with Crippen LogP contribution in [0.4, 0.5) is 5.69 Å². The molecule has 0 fully saturated rings. The Kier molecular flexibility index (Phi) is 4.18. The maximum atomic E-state index is 10.3. The largest absolute Gasteiger partial charge is 0.398 e. The number of nitrogens with zero attached hydrogens (tertiary/aromatic N) is 1. The fourth-order valence-corrected chi connectivity index (χ4v) is 3.26. The SMILES string of the molecule is Nc1ccccc1SC[C@@H](O)Cn1ccc2ccccc21. The lowest BCUT2D eigenvalue weighted by Gasteiger charge is -2.13. The number of rotatable bonds is 5. The van der Waals surface area contributed by atoms with Gasteiger partial charge in [0.25, 0.3) is 0 Å². The normalized spacial score (nSPS) is 12.6. The number of hydrogen-bond donors (Lipinski definition) is 2. The summed E-state index contributed by atoms with van der Waals surface area (Å²) in [5, 5.41) is 11.4. The van der Waals surface area contributed by atoms with E-state index in [1.54, 1.807) is 11.8 Å². The fourth-order valence-electron chi connectivity index (χ4n) is 2.38. The number of fused-ring (bicyclic) bond motifs is 1. The molecule has 0 saturated heterocycles. The number of benzene rings is 2. The summed E-state index contributed by atoms with van der Waals surface area (Å²) in [6.07, 6.45) is 1.61. The maximum Gasteiger partial charge on any atom is 0.0812 e. The van der Waals surface area contributed by atoms with Crippen LogP contribution < -0.4 is 5.73 Å². The first-order valence-electron chi connectivity index (χ1n) is 6.93. The van der Waals surface area contributed by atoms with Gasteiger partial charge in [-0.05, 0) is 29.7 Å². The predicted molar refractivity (Wildman–Crippen MR) is 89.5 cm³/mol. The summed E-state index contributed by atoms with van der Waals surface area (Å²) in [4.78, 5) is 1.02. The van der Waals surface area contributed by atoms with Gasteiger partial charge in [0.05, 0.1) is 6.10 Å². The van der Waals surface area contributed by atoms with E-state index in [0.717, 1.165) is 16.1 Å². The lowest BCUT2D eigenvalue weighted by Crippen LogP contribution is -2.17. The van der Waals surface area contributed by atoms with Crippen molar-refractivity contribution in [3.8, 4) is 0 Å². The van der Waals surface area contributed by atoms with Crippen molar-refractivity contribution in [2.45, 2.75) is 17.5 Å². The second kappa shape index (κ2) is 6.24. The molecular formula is C17H18N2OS. The van der Waals surface area contributed by atoms with E-state index in [2.05, 4.69) is 22.8 Å². The number of aliphatic hydroxyl groups is 1. The van der Waals surface area contributed by atoms with Crippen LogP contribution in [0, 0.1) is 0 Å². The predicted octanol–water partition coefficient (Wildman–Crippen LogP) is 3.38. The molecule has 0 radical (unpaired) electrons. The van der Waals surface area contributed by atoms with Crippen molar-refractivity contribution in [3.63, 3.8) is 0 Å². The van der Waals surface area contributed by atoms with Crippen molar-refractivity contribution in [2.24, 2.45) is 0 Å². The number of aliphatic hydroxyl groups excluding tert-OH is 1. The molecule has 21 heavy (non-hydrogen) atoms. The van der Waals surface area contributed by atoms with Crippen LogP contribution in [0.5, 0.6) is 0 Å². The molecular weight excluding hydrogens is 280 g/mol. The van der Waals surface area contributed by atoms with E-state index in [9.17, 15) is 5.11 Å². The van der Waals surface area contributed by atoms with E-state index < -0.39 is 6.10 Å². The van der Waals surface area contributed by atoms with Crippen molar-refractivity contribution >= 4 is 28.4 Å². The highest BCUT2D eigenvalue weighted by atomic mass is 32.2. The minimum absolute atomic E-state index is 0.412. The molecule has 4 heteroatoms. The first-order valence-corrected chi connectivity index (χ1v) is 7.92. The Hall–Kier alpha value is -1.91. The first kappa shape index (κ1) is 14.0. The number of hydrogen-bond acceptors (Lipinski definition) is 3. The molecule has 0 unspecified atom stereocenters. The van der Waals surface area contributed by atoms with Crippen LogP contribution in [0.25, 0.3) is 10.9 Å². The molecule has 3 nitrogen and oxygen atoms in total. The Bertz CT molecular complexity index is 738. The number of anilines is 1. The minimum Gasteiger partial charge on any atom is -0.398 e. The molecule has 0 amide bonds. The maximum absolute atomic E-state index is 10.3. The summed E-state index contributed by atoms with van der Waals surface area (Å²) in [5.41, 5.74) is 7.83. The summed E-state index contributed by atoms with van der Waals surface area (Å²) < 4.78 is 2.09. The Balaban J connectivity index is 1.64. The smallest absolute Gasteiger partial charge is 0.0812 e. The second-order valence-corrected chi connectivity index (χ2v) is 6.09. The second-order valence-electron chi connectivity index (χ2n) is 5.03. The Morgan fingerprint density at radius 2 is 1.81 bits per heavy atom. The van der Waals surface area contributed by atoms with Gasteiger partial charge in [0.1, 0.15) is 0 Å². The van der Waals surface area contributed by atoms with E-state index in [-0.39, 0.29) is 0 Å². The Morgan fingerprint density at radius 1 is 1.05 bits per heavy atom. The number of thioether (sulfide) groups is 1. The van der Waals surface area contributed by atoms with Gasteiger partial charge in [-0.25, -0.2) is 0 Å². The lowest BCUT2D eigenvalue weighted by atomic mass is 10.2. The van der Waals surface area contributed by atoms with Crippen LogP contribution in [0.15, 0.2) is 65.7 Å². The zero-order chi connectivity index (χ0) is 14.7. The lowest BCUT2D eigenvalue weighted by molar-refractivity contribution is 0.180. The van der Waals surface area contributed by atoms with Crippen LogP contribution in [0.1, 0.15) is 0 Å². The van der Waals surface area contributed by atoms with Crippen molar-refractivity contribution in [1.82, 2.24) is 4.57 Å². The molecule has 1 aromatic heterocycles. The van der Waals surface area contributed by atoms with Gasteiger partial charge in [0.2, 0.25) is 0 Å². The highest BCUT2D eigenvalue weighted by Gasteiger charge is 2.09. The van der Waals surface area contributed by atoms with Crippen LogP contribution in [0.3, 0.4) is 0 Å². The summed E-state index contributed by atoms with van der Waals surface area (Å²) in [7, 11) is 0. The monoisotopic (exact) mass is 298 g/mol. The van der Waals surface area contributed by atoms with Gasteiger partial charge >= 0.3 is 0 Å². The van der Waals surface area contributed by atoms with Gasteiger partial charge in [0, 0.05) is 34.6 Å². The van der Waals surface area contributed by atoms with Crippen LogP contribution in [-0.4, -0.2) is 21.5 Å². The van der Waals surface area contributed by atoms with Crippen LogP contribution in [-0.2, 0) is 6.54 Å². The van der Waals surface area contributed by atoms with Crippen molar-refractivity contribution in [2.75, 3.05) is 11.5 Å². The molecule has 0 aliphatic carbocycles. The van der Waals surface area contributed by atoms with E-state index in [0.29, 0.717) is 12.3 Å². The zero-order valence-corrected chi connectivity index (χ0v) is 12.5. The van der Waals surface area contributed by atoms with E-state index in [4.69, 9.17) is 5.73 Å². The summed E-state index contributed by atoms with van der Waals surface area (Å²) in [5.74, 6) is 0.626. The minimum atomic E-state index is -0.412. The Labute approximate surface area is 128 Å². The molecule has 3 rings (SSSR count). The molecule has 1 heterocycles. The molecule has 0 aliphatic heterocycles. The molecule has 3 N–H and O–H groups in total. The summed E-state index contributed by atoms with van der Waals surface area (Å²) in [6.45, 7) is 0.591. The highest BCUT2D eigenvalue weighted by molar-refractivity contribution is 7.99. The summed E-state index contributed by atoms with van der Waals surface area (Å²) >= 11 is 1.59. The van der Waals surface area contributed by atoms with Gasteiger partial charge in [-0.3, -0.25) is 0 Å². The van der Waals surface area contributed by atoms with Crippen LogP contribution in [0.2, 0.25) is 0 Å². The van der Waals surface area contributed by atoms with Gasteiger partial charge in [0.15, 0.2) is 0 Å². The molecule has 0 aliphatic rings. The molecule has 0 spiro atoms. The van der Waals surface area contributed by atoms with E-state index in [1.807, 2.05) is 42.6 Å². The van der Waals surface area contributed by atoms with Crippen LogP contribution >= 0.6 is 11.8 Å². The number of nitrogens with two attached hydrogens (primary N) is 1. The number of aromatic nitrogens is 1. The quantitative estimate of drug-likeness (QED) is 0.561. The molecule has 2 aromatic carbocycles. The van der Waals surface area contributed by atoms with E-state index >= 15 is 0 Å². The standard InChI is InChI=1S/C17H18N2OS/c18-15-6-2-4-8-17(15)21-12-14(20)11-19-10-9-13-5-1-3-7-16(13)19/h1-10,14,20H,11-12,18H2/t14-/m0/s1. The molecule has 3 aromatic rings. The third-order valence-electron chi connectivity index (χ3n) is 3.44. The molecule has 108 valence electrons. The summed E-state index contributed by atoms with van der Waals surface area (Å²) in [6, 6.07) is 18.0. The zero-order valence-electron chi connectivity index (χ0n) is 11.6. The average molecular weight is 298 g/mol. The van der Waals surface area contributed by atoms with Gasteiger partial charge in [-0.15, -0.1) is 11.8 Å². The van der Waals surface area contributed by atoms with E-state index in [1.165, 1.54) is 5.39 Å². The first-order chi connectivity index (χ1) is 10.2. The van der Waals surface area contributed by atoms with Gasteiger partial charge < -0.3 is 15.4 Å². The topological polar surface area (TPSA) is 51.2 Å². The molecule has 0 saturated carbocycles. The Morgan fingerprint density at radius 3 is 2.67 bits per heavy atom. The molecule has 1 atom stereocenters. The average Bonchev–Trinajstić information content (AvgIpc) is 2.90. The third-order valence-corrected chi connectivity index (χ3v) is 4.67. The van der Waals surface area contributed by atoms with Crippen molar-refractivity contribution in [1.29, 1.82) is 0 Å². The molecule has 0 bridgehead atoms. The van der Waals surface area contributed by atoms with Crippen molar-refractivity contribution < 1.29 is 5.11 Å². The highest BCUT2D eigenvalue weighted by Crippen LogP contribution is 2.25. The van der Waals surface area contributed by atoms with Crippen molar-refractivity contribution in [3.05, 3.63) is 60.8 Å². The number of para-hydroxylation sites is 2.